The molecule has 54 heavy (non-hydrogen) atoms. The fraction of sp³-hybridized carbons (Fsp3) is 0.500. The van der Waals surface area contributed by atoms with Gasteiger partial charge in [-0.2, -0.15) is 0 Å². The molecule has 1 aliphatic carbocycles. The number of ether oxygens (including phenoxy) is 1. The lowest BCUT2D eigenvalue weighted by atomic mass is 9.84. The predicted octanol–water partition coefficient (Wildman–Crippen LogP) is 7.11. The van der Waals surface area contributed by atoms with E-state index in [0.29, 0.717) is 18.5 Å². The van der Waals surface area contributed by atoms with Crippen LogP contribution in [0.3, 0.4) is 0 Å². The van der Waals surface area contributed by atoms with Gasteiger partial charge in [0, 0.05) is 25.0 Å². The van der Waals surface area contributed by atoms with Gasteiger partial charge in [0.05, 0.1) is 43.0 Å². The molecule has 7 rings (SSSR count). The van der Waals surface area contributed by atoms with Crippen molar-refractivity contribution in [1.82, 2.24) is 40.0 Å². The molecule has 4 heterocycles. The number of nitrogens with one attached hydrogen (secondary N) is 3. The summed E-state index contributed by atoms with van der Waals surface area (Å²) in [4.78, 5) is 61.3. The second-order valence-corrected chi connectivity index (χ2v) is 15.0. The number of hydrogen-bond donors (Lipinski definition) is 3. The van der Waals surface area contributed by atoms with Crippen LogP contribution in [0.15, 0.2) is 60.9 Å². The molecule has 2 aromatic heterocycles. The van der Waals surface area contributed by atoms with Gasteiger partial charge in [0.25, 0.3) is 0 Å². The number of nitrogens with zero attached hydrogens (tertiary/aromatic N) is 5. The molecule has 2 aromatic carbocycles. The molecule has 0 spiro atoms. The molecule has 3 atom stereocenters. The first kappa shape index (κ1) is 37.3. The number of carbonyl (C=O) groups is 3. The van der Waals surface area contributed by atoms with Gasteiger partial charge in [0.2, 0.25) is 11.8 Å². The van der Waals surface area contributed by atoms with Crippen LogP contribution in [0.4, 0.5) is 4.79 Å². The second-order valence-electron chi connectivity index (χ2n) is 15.0. The molecule has 12 heteroatoms. The van der Waals surface area contributed by atoms with Gasteiger partial charge in [0.1, 0.15) is 17.7 Å². The maximum atomic E-state index is 13.7. The van der Waals surface area contributed by atoms with Crippen LogP contribution in [-0.4, -0.2) is 97.9 Å². The largest absolute Gasteiger partial charge is 0.453 e. The number of methoxy groups -OCH3 is 1. The van der Waals surface area contributed by atoms with E-state index in [1.54, 1.807) is 11.8 Å². The molecule has 12 nitrogen and oxygen atoms in total. The van der Waals surface area contributed by atoms with Crippen molar-refractivity contribution in [1.29, 1.82) is 0 Å². The first-order valence-electron chi connectivity index (χ1n) is 19.8. The fourth-order valence-electron chi connectivity index (χ4n) is 8.83. The molecule has 3 aliphatic rings. The van der Waals surface area contributed by atoms with E-state index in [4.69, 9.17) is 4.98 Å². The highest BCUT2D eigenvalue weighted by atomic mass is 16.5. The Morgan fingerprint density at radius 2 is 1.24 bits per heavy atom. The zero-order valence-electron chi connectivity index (χ0n) is 32.0. The van der Waals surface area contributed by atoms with Gasteiger partial charge in [-0.05, 0) is 93.6 Å². The summed E-state index contributed by atoms with van der Waals surface area (Å²) in [6.45, 7) is 9.70. The zero-order chi connectivity index (χ0) is 37.8. The minimum Gasteiger partial charge on any atom is -0.453 e. The lowest BCUT2D eigenvalue weighted by Crippen LogP contribution is -2.46. The van der Waals surface area contributed by atoms with Crippen LogP contribution in [0, 0.1) is 5.92 Å². The third-order valence-electron chi connectivity index (χ3n) is 11.9. The first-order valence-corrected chi connectivity index (χ1v) is 19.8. The van der Waals surface area contributed by atoms with Crippen LogP contribution in [0.1, 0.15) is 95.9 Å². The van der Waals surface area contributed by atoms with Gasteiger partial charge in [-0.15, -0.1) is 0 Å². The Labute approximate surface area is 318 Å². The monoisotopic (exact) mass is 734 g/mol. The Kier molecular flexibility index (Phi) is 11.5. The third-order valence-corrected chi connectivity index (χ3v) is 11.9. The van der Waals surface area contributed by atoms with Crippen LogP contribution in [0.5, 0.6) is 0 Å². The minimum absolute atomic E-state index is 0.00844. The number of amides is 3. The molecule has 3 amide bonds. The summed E-state index contributed by atoms with van der Waals surface area (Å²) in [5.41, 5.74) is 6.10. The lowest BCUT2D eigenvalue weighted by molar-refractivity contribution is -0.138. The SMILES string of the molecule is CCN(CC)[C@H]1CC[C@@H](C(=O)N2CCC[C@H]2c2ncc(-c3ccc(-c4ccc(-c5cnc(C6CCCN6C(=O)[C@H](C)NC(=O)OC)[nH]5)cc4)cc3)[nH]2)CC1. The van der Waals surface area contributed by atoms with E-state index in [1.807, 2.05) is 12.4 Å². The Morgan fingerprint density at radius 3 is 1.74 bits per heavy atom. The molecule has 2 saturated heterocycles. The highest BCUT2D eigenvalue weighted by molar-refractivity contribution is 5.86. The van der Waals surface area contributed by atoms with E-state index in [-0.39, 0.29) is 23.9 Å². The molecule has 1 unspecified atom stereocenters. The number of aromatic amines is 2. The Hall–Kier alpha value is -4.97. The molecule has 1 saturated carbocycles. The summed E-state index contributed by atoms with van der Waals surface area (Å²) in [6.07, 6.45) is 10.9. The zero-order valence-corrected chi connectivity index (χ0v) is 32.0. The van der Waals surface area contributed by atoms with Crippen LogP contribution in [0.25, 0.3) is 33.6 Å². The maximum absolute atomic E-state index is 13.7. The normalized spacial score (nSPS) is 22.1. The van der Waals surface area contributed by atoms with Crippen LogP contribution >= 0.6 is 0 Å². The van der Waals surface area contributed by atoms with Gasteiger partial charge >= 0.3 is 6.09 Å². The maximum Gasteiger partial charge on any atom is 0.407 e. The molecule has 3 fully saturated rings. The van der Waals surface area contributed by atoms with E-state index in [2.05, 4.69) is 97.2 Å². The number of aromatic nitrogens is 4. The second kappa shape index (κ2) is 16.6. The van der Waals surface area contributed by atoms with E-state index in [9.17, 15) is 14.4 Å². The van der Waals surface area contributed by atoms with Gasteiger partial charge in [-0.25, -0.2) is 14.8 Å². The molecular weight excluding hydrogens is 681 g/mol. The van der Waals surface area contributed by atoms with Crippen LogP contribution < -0.4 is 5.32 Å². The highest BCUT2D eigenvalue weighted by Gasteiger charge is 2.38. The number of hydrogen-bond acceptors (Lipinski definition) is 7. The van der Waals surface area contributed by atoms with E-state index < -0.39 is 12.1 Å². The average molecular weight is 735 g/mol. The smallest absolute Gasteiger partial charge is 0.407 e. The van der Waals surface area contributed by atoms with Gasteiger partial charge in [-0.1, -0.05) is 62.4 Å². The number of alkyl carbamates (subject to hydrolysis) is 1. The lowest BCUT2D eigenvalue weighted by Gasteiger charge is -2.37. The topological polar surface area (TPSA) is 140 Å². The summed E-state index contributed by atoms with van der Waals surface area (Å²) >= 11 is 0. The predicted molar refractivity (Wildman–Crippen MR) is 208 cm³/mol. The summed E-state index contributed by atoms with van der Waals surface area (Å²) in [6, 6.07) is 16.6. The summed E-state index contributed by atoms with van der Waals surface area (Å²) in [5, 5.41) is 2.57. The average Bonchev–Trinajstić information content (AvgIpc) is 4.05. The Bertz CT molecular complexity index is 1890. The van der Waals surface area contributed by atoms with E-state index in [0.717, 1.165) is 116 Å². The number of H-pyrrole nitrogens is 2. The number of rotatable bonds is 11. The first-order chi connectivity index (χ1) is 26.3. The molecule has 286 valence electrons. The quantitative estimate of drug-likeness (QED) is 0.149. The van der Waals surface area contributed by atoms with Crippen LogP contribution in [0.2, 0.25) is 0 Å². The highest BCUT2D eigenvalue weighted by Crippen LogP contribution is 2.37. The van der Waals surface area contributed by atoms with Gasteiger partial charge in [-0.3, -0.25) is 9.59 Å². The van der Waals surface area contributed by atoms with Gasteiger partial charge in [0.15, 0.2) is 0 Å². The van der Waals surface area contributed by atoms with Crippen molar-refractivity contribution in [3.63, 3.8) is 0 Å². The standard InChI is InChI=1S/C42H54N8O4/c1-5-48(6-2)33-21-19-32(20-22-33)41(52)50-24-8-10-37(50)39-44-26-35(47-39)31-17-13-29(14-18-31)28-11-15-30(16-12-28)34-25-43-38(46-34)36-9-7-23-49(36)40(51)27(3)45-42(53)54-4/h11-18,25-27,32-33,36-37H,5-10,19-24H2,1-4H3,(H,43,46)(H,44,47)(H,45,53)/t27-,32-,33+,36?,37-/m0/s1. The third kappa shape index (κ3) is 7.80. The number of benzene rings is 2. The number of imidazole rings is 2. The minimum atomic E-state index is -0.691. The van der Waals surface area contributed by atoms with Crippen molar-refractivity contribution in [3.8, 4) is 33.6 Å². The summed E-state index contributed by atoms with van der Waals surface area (Å²) < 4.78 is 4.66. The van der Waals surface area contributed by atoms with Gasteiger partial charge < -0.3 is 34.7 Å². The van der Waals surface area contributed by atoms with Crippen molar-refractivity contribution < 1.29 is 19.1 Å². The Morgan fingerprint density at radius 1 is 0.759 bits per heavy atom. The molecule has 3 N–H and O–H groups in total. The van der Waals surface area contributed by atoms with Crippen molar-refractivity contribution in [2.24, 2.45) is 5.92 Å². The van der Waals surface area contributed by atoms with E-state index in [1.165, 1.54) is 7.11 Å². The van der Waals surface area contributed by atoms with Crippen molar-refractivity contribution in [2.75, 3.05) is 33.3 Å². The van der Waals surface area contributed by atoms with E-state index >= 15 is 0 Å². The molecule has 2 aliphatic heterocycles. The van der Waals surface area contributed by atoms with Crippen molar-refractivity contribution in [3.05, 3.63) is 72.6 Å². The Balaban J connectivity index is 0.964. The van der Waals surface area contributed by atoms with Crippen LogP contribution in [-0.2, 0) is 14.3 Å². The molecular formula is C42H54N8O4. The summed E-state index contributed by atoms with van der Waals surface area (Å²) in [7, 11) is 1.28. The molecule has 4 aromatic rings. The molecule has 0 radical (unpaired) electrons. The molecule has 0 bridgehead atoms. The number of carbonyl (C=O) groups excluding carboxylic acids is 3. The summed E-state index contributed by atoms with van der Waals surface area (Å²) in [5.74, 6) is 1.90. The van der Waals surface area contributed by atoms with Crippen molar-refractivity contribution >= 4 is 17.9 Å². The van der Waals surface area contributed by atoms with Crippen molar-refractivity contribution in [2.45, 2.75) is 96.3 Å². The number of likely N-dealkylation sites (tertiary alicyclic amines) is 2. The fourth-order valence-corrected chi connectivity index (χ4v) is 8.83.